The zero-order valence-electron chi connectivity index (χ0n) is 13.0. The Balaban J connectivity index is 1.81. The number of hydrogen-bond acceptors (Lipinski definition) is 4. The lowest BCUT2D eigenvalue weighted by Crippen LogP contribution is -2.41. The summed E-state index contributed by atoms with van der Waals surface area (Å²) in [5.41, 5.74) is 7.94. The lowest BCUT2D eigenvalue weighted by Gasteiger charge is -2.41. The highest BCUT2D eigenvalue weighted by atomic mass is 16.7. The minimum Gasteiger partial charge on any atom is -0.493 e. The Morgan fingerprint density at radius 2 is 2.29 bits per heavy atom. The van der Waals surface area contributed by atoms with Crippen LogP contribution in [0.1, 0.15) is 39.0 Å². The van der Waals surface area contributed by atoms with Gasteiger partial charge < -0.3 is 10.5 Å². The van der Waals surface area contributed by atoms with Crippen LogP contribution in [0.4, 0.5) is 0 Å². The van der Waals surface area contributed by atoms with Gasteiger partial charge in [-0.1, -0.05) is 13.0 Å². The first kappa shape index (κ1) is 13.6. The van der Waals surface area contributed by atoms with Gasteiger partial charge in [0, 0.05) is 24.6 Å². The van der Waals surface area contributed by atoms with E-state index in [0.29, 0.717) is 12.0 Å². The first-order valence-corrected chi connectivity index (χ1v) is 8.28. The Kier molecular flexibility index (Phi) is 3.09. The van der Waals surface area contributed by atoms with Crippen molar-refractivity contribution in [3.05, 3.63) is 23.6 Å². The number of rotatable bonds is 1. The highest BCUT2D eigenvalue weighted by molar-refractivity contribution is 5.38. The molecule has 4 nitrogen and oxygen atoms in total. The fraction of sp³-hybridized carbons (Fsp3) is 0.765. The smallest absolute Gasteiger partial charge is 0.111 e. The first-order chi connectivity index (χ1) is 10.1. The predicted molar refractivity (Wildman–Crippen MR) is 80.9 cm³/mol. The predicted octanol–water partition coefficient (Wildman–Crippen LogP) is 2.57. The topological polar surface area (TPSA) is 47.7 Å². The van der Waals surface area contributed by atoms with Gasteiger partial charge in [0.05, 0.1) is 24.8 Å². The van der Waals surface area contributed by atoms with Crippen LogP contribution < -0.4 is 5.73 Å². The van der Waals surface area contributed by atoms with E-state index in [9.17, 15) is 0 Å². The Morgan fingerprint density at radius 3 is 3.10 bits per heavy atom. The zero-order valence-corrected chi connectivity index (χ0v) is 13.0. The molecule has 0 saturated heterocycles. The quantitative estimate of drug-likeness (QED) is 0.806. The summed E-state index contributed by atoms with van der Waals surface area (Å²) in [6.45, 7) is 3.27. The molecule has 2 aliphatic carbocycles. The molecule has 0 bridgehead atoms. The molecular weight excluding hydrogens is 264 g/mol. The van der Waals surface area contributed by atoms with E-state index in [0.717, 1.165) is 31.7 Å². The highest BCUT2D eigenvalue weighted by Gasteiger charge is 2.55. The average Bonchev–Trinajstić information content (AvgIpc) is 2.67. The van der Waals surface area contributed by atoms with E-state index in [1.54, 1.807) is 12.7 Å². The monoisotopic (exact) mass is 290 g/mol. The lowest BCUT2D eigenvalue weighted by molar-refractivity contribution is -0.0947. The minimum absolute atomic E-state index is 0.102. The van der Waals surface area contributed by atoms with E-state index in [2.05, 4.69) is 19.2 Å². The van der Waals surface area contributed by atoms with Gasteiger partial charge in [0.15, 0.2) is 0 Å². The van der Waals surface area contributed by atoms with Crippen LogP contribution in [0.25, 0.3) is 0 Å². The van der Waals surface area contributed by atoms with E-state index in [4.69, 9.17) is 15.3 Å². The number of nitrogens with zero attached hydrogens (tertiary/aromatic N) is 1. The third kappa shape index (κ3) is 1.95. The summed E-state index contributed by atoms with van der Waals surface area (Å²) >= 11 is 0. The van der Waals surface area contributed by atoms with Gasteiger partial charge >= 0.3 is 0 Å². The van der Waals surface area contributed by atoms with Crippen LogP contribution in [0, 0.1) is 17.3 Å². The maximum Gasteiger partial charge on any atom is 0.111 e. The molecule has 0 aromatic heterocycles. The average molecular weight is 290 g/mol. The van der Waals surface area contributed by atoms with Crippen molar-refractivity contribution >= 4 is 0 Å². The summed E-state index contributed by atoms with van der Waals surface area (Å²) in [6.07, 6.45) is 10.4. The second-order valence-electron chi connectivity index (χ2n) is 7.37. The fourth-order valence-corrected chi connectivity index (χ4v) is 5.08. The van der Waals surface area contributed by atoms with Gasteiger partial charge in [-0.15, -0.1) is 0 Å². The van der Waals surface area contributed by atoms with Gasteiger partial charge in [-0.2, -0.15) is 0 Å². The van der Waals surface area contributed by atoms with Crippen molar-refractivity contribution < 1.29 is 9.57 Å². The maximum atomic E-state index is 6.41. The second kappa shape index (κ2) is 4.75. The van der Waals surface area contributed by atoms with E-state index >= 15 is 0 Å². The SMILES string of the molecule is CON1C=CC23CC(C)CC[C@H]2OC2=C3[C@H](C[C@H](N)C2)C1. The molecule has 1 spiro atoms. The third-order valence-corrected chi connectivity index (χ3v) is 5.88. The second-order valence-corrected chi connectivity index (χ2v) is 7.37. The highest BCUT2D eigenvalue weighted by Crippen LogP contribution is 2.59. The Bertz CT molecular complexity index is 501. The molecular formula is C17H26N2O2. The number of hydroxylamine groups is 2. The summed E-state index contributed by atoms with van der Waals surface area (Å²) in [7, 11) is 1.75. The van der Waals surface area contributed by atoms with Crippen LogP contribution >= 0.6 is 0 Å². The molecule has 4 aliphatic rings. The molecule has 2 aliphatic heterocycles. The van der Waals surface area contributed by atoms with E-state index in [-0.39, 0.29) is 11.5 Å². The fourth-order valence-electron chi connectivity index (χ4n) is 5.08. The van der Waals surface area contributed by atoms with Gasteiger partial charge in [0.1, 0.15) is 6.10 Å². The maximum absolute atomic E-state index is 6.41. The molecule has 0 aromatic rings. The molecule has 2 N–H and O–H groups in total. The summed E-state index contributed by atoms with van der Waals surface area (Å²) in [4.78, 5) is 5.51. The van der Waals surface area contributed by atoms with Gasteiger partial charge in [-0.25, -0.2) is 0 Å². The number of ether oxygens (including phenoxy) is 1. The largest absolute Gasteiger partial charge is 0.493 e. The Morgan fingerprint density at radius 1 is 1.43 bits per heavy atom. The minimum atomic E-state index is 0.102. The van der Waals surface area contributed by atoms with Crippen molar-refractivity contribution in [3.63, 3.8) is 0 Å². The van der Waals surface area contributed by atoms with Gasteiger partial charge in [-0.05, 0) is 37.2 Å². The first-order valence-electron chi connectivity index (χ1n) is 8.28. The Labute approximate surface area is 126 Å². The van der Waals surface area contributed by atoms with Crippen LogP contribution in [-0.4, -0.2) is 30.9 Å². The lowest BCUT2D eigenvalue weighted by atomic mass is 9.61. The summed E-state index contributed by atoms with van der Waals surface area (Å²) in [6, 6.07) is 0.222. The van der Waals surface area contributed by atoms with Gasteiger partial charge in [0.25, 0.3) is 0 Å². The van der Waals surface area contributed by atoms with Crippen molar-refractivity contribution in [3.8, 4) is 0 Å². The molecule has 116 valence electrons. The molecule has 0 aromatic carbocycles. The summed E-state index contributed by atoms with van der Waals surface area (Å²) < 4.78 is 6.41. The Hall–Kier alpha value is -1.00. The van der Waals surface area contributed by atoms with E-state index in [1.165, 1.54) is 18.6 Å². The standard InChI is InChI=1S/C17H26N2O2/c1-11-3-4-15-17(9-11)5-6-19(20-2)10-12-7-13(18)8-14(21-15)16(12)17/h5-6,11-13,15H,3-4,7-10,18H2,1-2H3/t11?,12-,13+,15-,17?/m1/s1. The molecule has 0 radical (unpaired) electrons. The van der Waals surface area contributed by atoms with Gasteiger partial charge in [0.2, 0.25) is 0 Å². The van der Waals surface area contributed by atoms with Crippen molar-refractivity contribution in [2.24, 2.45) is 23.0 Å². The zero-order chi connectivity index (χ0) is 14.6. The van der Waals surface area contributed by atoms with Crippen LogP contribution in [0.3, 0.4) is 0 Å². The molecule has 4 heteroatoms. The van der Waals surface area contributed by atoms with Crippen molar-refractivity contribution in [1.29, 1.82) is 0 Å². The molecule has 2 unspecified atom stereocenters. The number of hydrogen-bond donors (Lipinski definition) is 1. The van der Waals surface area contributed by atoms with E-state index in [1.807, 2.05) is 5.06 Å². The molecule has 2 heterocycles. The van der Waals surface area contributed by atoms with Crippen LogP contribution in [0.5, 0.6) is 0 Å². The van der Waals surface area contributed by atoms with Crippen molar-refractivity contribution in [2.75, 3.05) is 13.7 Å². The number of nitrogens with two attached hydrogens (primary N) is 1. The summed E-state index contributed by atoms with van der Waals surface area (Å²) in [5.74, 6) is 2.43. The van der Waals surface area contributed by atoms with Crippen molar-refractivity contribution in [1.82, 2.24) is 5.06 Å². The summed E-state index contributed by atoms with van der Waals surface area (Å²) in [5, 5.41) is 1.97. The molecule has 1 saturated carbocycles. The van der Waals surface area contributed by atoms with Crippen LogP contribution in [0.15, 0.2) is 23.6 Å². The van der Waals surface area contributed by atoms with Crippen LogP contribution in [0.2, 0.25) is 0 Å². The molecule has 0 amide bonds. The van der Waals surface area contributed by atoms with Crippen LogP contribution in [-0.2, 0) is 9.57 Å². The molecule has 5 atom stereocenters. The van der Waals surface area contributed by atoms with E-state index < -0.39 is 0 Å². The molecule has 4 rings (SSSR count). The third-order valence-electron chi connectivity index (χ3n) is 5.88. The normalized spacial score (nSPS) is 45.0. The molecule has 21 heavy (non-hydrogen) atoms. The van der Waals surface area contributed by atoms with Crippen molar-refractivity contribution in [2.45, 2.75) is 51.2 Å². The van der Waals surface area contributed by atoms with Gasteiger partial charge in [-0.3, -0.25) is 9.90 Å². The molecule has 1 fully saturated rings.